The van der Waals surface area contributed by atoms with Crippen LogP contribution in [0.5, 0.6) is 0 Å². The Morgan fingerprint density at radius 2 is 1.76 bits per heavy atom. The van der Waals surface area contributed by atoms with E-state index in [1.54, 1.807) is 49.4 Å². The average molecular weight is 305 g/mol. The average Bonchev–Trinajstić information content (AvgIpc) is 2.41. The van der Waals surface area contributed by atoms with Gasteiger partial charge in [0.25, 0.3) is 10.0 Å². The summed E-state index contributed by atoms with van der Waals surface area (Å²) in [7, 11) is -3.63. The van der Waals surface area contributed by atoms with Gasteiger partial charge in [0.15, 0.2) is 0 Å². The van der Waals surface area contributed by atoms with E-state index < -0.39 is 16.1 Å². The molecule has 0 aromatic heterocycles. The lowest BCUT2D eigenvalue weighted by Crippen LogP contribution is -2.13. The largest absolute Gasteiger partial charge is 0.389 e. The van der Waals surface area contributed by atoms with Crippen LogP contribution in [0.3, 0.4) is 0 Å². The van der Waals surface area contributed by atoms with Gasteiger partial charge in [-0.1, -0.05) is 18.2 Å². The first-order valence-corrected chi connectivity index (χ1v) is 8.16. The van der Waals surface area contributed by atoms with Gasteiger partial charge in [0.05, 0.1) is 11.0 Å². The molecular weight excluding hydrogens is 286 g/mol. The zero-order chi connectivity index (χ0) is 15.6. The van der Waals surface area contributed by atoms with Crippen molar-refractivity contribution in [2.45, 2.75) is 31.8 Å². The fourth-order valence-electron chi connectivity index (χ4n) is 1.96. The summed E-state index contributed by atoms with van der Waals surface area (Å²) in [6.45, 7) is 5.45. The molecule has 0 aliphatic rings. The van der Waals surface area contributed by atoms with Crippen LogP contribution in [0.1, 0.15) is 29.7 Å². The van der Waals surface area contributed by atoms with Crippen molar-refractivity contribution >= 4 is 15.7 Å². The predicted molar refractivity (Wildman–Crippen MR) is 83.8 cm³/mol. The van der Waals surface area contributed by atoms with E-state index in [2.05, 4.69) is 4.72 Å². The molecule has 1 unspecified atom stereocenters. The molecule has 112 valence electrons. The summed E-state index contributed by atoms with van der Waals surface area (Å²) in [4.78, 5) is 0.230. The molecule has 0 fully saturated rings. The number of anilines is 1. The van der Waals surface area contributed by atoms with Crippen molar-refractivity contribution in [3.05, 3.63) is 59.2 Å². The van der Waals surface area contributed by atoms with E-state index in [4.69, 9.17) is 0 Å². The molecule has 2 N–H and O–H groups in total. The van der Waals surface area contributed by atoms with Crippen LogP contribution in [0.4, 0.5) is 5.69 Å². The highest BCUT2D eigenvalue weighted by atomic mass is 32.2. The van der Waals surface area contributed by atoms with Gasteiger partial charge in [-0.15, -0.1) is 0 Å². The smallest absolute Gasteiger partial charge is 0.261 e. The molecule has 0 radical (unpaired) electrons. The van der Waals surface area contributed by atoms with Crippen LogP contribution in [-0.2, 0) is 10.0 Å². The third kappa shape index (κ3) is 3.62. The Labute approximate surface area is 125 Å². The Bertz CT molecular complexity index is 752. The minimum atomic E-state index is -3.63. The Hall–Kier alpha value is -1.85. The number of benzene rings is 2. The van der Waals surface area contributed by atoms with Gasteiger partial charge in [-0.3, -0.25) is 4.72 Å². The molecule has 5 heteroatoms. The van der Waals surface area contributed by atoms with Crippen LogP contribution in [0.25, 0.3) is 0 Å². The molecule has 2 aromatic rings. The Morgan fingerprint density at radius 3 is 2.38 bits per heavy atom. The lowest BCUT2D eigenvalue weighted by atomic mass is 10.1. The minimum absolute atomic E-state index is 0.230. The molecule has 1 atom stereocenters. The maximum absolute atomic E-state index is 12.4. The molecule has 0 spiro atoms. The molecule has 21 heavy (non-hydrogen) atoms. The van der Waals surface area contributed by atoms with Gasteiger partial charge in [0.1, 0.15) is 0 Å². The third-order valence-electron chi connectivity index (χ3n) is 3.41. The topological polar surface area (TPSA) is 66.4 Å². The van der Waals surface area contributed by atoms with Gasteiger partial charge in [0, 0.05) is 5.69 Å². The fraction of sp³-hybridized carbons (Fsp3) is 0.250. The number of hydrogen-bond donors (Lipinski definition) is 2. The molecule has 2 aromatic carbocycles. The first-order valence-electron chi connectivity index (χ1n) is 6.68. The van der Waals surface area contributed by atoms with Crippen LogP contribution >= 0.6 is 0 Å². The molecule has 0 bridgehead atoms. The van der Waals surface area contributed by atoms with Crippen LogP contribution in [0.2, 0.25) is 0 Å². The number of aryl methyl sites for hydroxylation is 2. The highest BCUT2D eigenvalue weighted by Gasteiger charge is 2.15. The molecule has 0 saturated carbocycles. The van der Waals surface area contributed by atoms with Crippen molar-refractivity contribution in [1.29, 1.82) is 0 Å². The van der Waals surface area contributed by atoms with Gasteiger partial charge < -0.3 is 5.11 Å². The van der Waals surface area contributed by atoms with Crippen LogP contribution in [0.15, 0.2) is 47.4 Å². The molecule has 0 amide bonds. The van der Waals surface area contributed by atoms with E-state index in [1.165, 1.54) is 0 Å². The van der Waals surface area contributed by atoms with E-state index in [9.17, 15) is 13.5 Å². The van der Waals surface area contributed by atoms with Crippen LogP contribution < -0.4 is 4.72 Å². The highest BCUT2D eigenvalue weighted by molar-refractivity contribution is 7.92. The van der Waals surface area contributed by atoms with Gasteiger partial charge in [-0.25, -0.2) is 8.42 Å². The maximum Gasteiger partial charge on any atom is 0.261 e. The van der Waals surface area contributed by atoms with E-state index in [0.717, 1.165) is 11.1 Å². The number of hydrogen-bond acceptors (Lipinski definition) is 3. The van der Waals surface area contributed by atoms with E-state index >= 15 is 0 Å². The van der Waals surface area contributed by atoms with E-state index in [-0.39, 0.29) is 4.90 Å². The van der Waals surface area contributed by atoms with Crippen molar-refractivity contribution in [3.8, 4) is 0 Å². The second kappa shape index (κ2) is 5.87. The van der Waals surface area contributed by atoms with Crippen LogP contribution in [0, 0.1) is 13.8 Å². The SMILES string of the molecule is Cc1ccc(S(=O)(=O)Nc2cccc(C(C)O)c2)cc1C. The molecular formula is C16H19NO3S. The third-order valence-corrected chi connectivity index (χ3v) is 4.79. The summed E-state index contributed by atoms with van der Waals surface area (Å²) in [5, 5.41) is 9.55. The number of nitrogens with one attached hydrogen (secondary N) is 1. The second-order valence-electron chi connectivity index (χ2n) is 5.15. The van der Waals surface area contributed by atoms with Gasteiger partial charge in [-0.2, -0.15) is 0 Å². The summed E-state index contributed by atoms with van der Waals surface area (Å²) < 4.78 is 27.3. The van der Waals surface area contributed by atoms with Crippen molar-refractivity contribution in [2.24, 2.45) is 0 Å². The summed E-state index contributed by atoms with van der Waals surface area (Å²) >= 11 is 0. The molecule has 0 aliphatic heterocycles. The van der Waals surface area contributed by atoms with Gasteiger partial charge >= 0.3 is 0 Å². The van der Waals surface area contributed by atoms with Crippen molar-refractivity contribution < 1.29 is 13.5 Å². The summed E-state index contributed by atoms with van der Waals surface area (Å²) in [5.41, 5.74) is 3.07. The van der Waals surface area contributed by atoms with Gasteiger partial charge in [0.2, 0.25) is 0 Å². The van der Waals surface area contributed by atoms with Crippen molar-refractivity contribution in [3.63, 3.8) is 0 Å². The fourth-order valence-corrected chi connectivity index (χ4v) is 3.09. The maximum atomic E-state index is 12.4. The predicted octanol–water partition coefficient (Wildman–Crippen LogP) is 3.16. The van der Waals surface area contributed by atoms with Crippen molar-refractivity contribution in [2.75, 3.05) is 4.72 Å². The monoisotopic (exact) mass is 305 g/mol. The summed E-state index contributed by atoms with van der Waals surface area (Å²) in [6, 6.07) is 11.8. The van der Waals surface area contributed by atoms with Crippen LogP contribution in [-0.4, -0.2) is 13.5 Å². The molecule has 2 rings (SSSR count). The molecule has 4 nitrogen and oxygen atoms in total. The highest BCUT2D eigenvalue weighted by Crippen LogP contribution is 2.21. The molecule has 0 heterocycles. The van der Waals surface area contributed by atoms with E-state index in [1.807, 2.05) is 13.8 Å². The van der Waals surface area contributed by atoms with Gasteiger partial charge in [-0.05, 0) is 61.7 Å². The first kappa shape index (κ1) is 15.5. The first-order chi connectivity index (χ1) is 9.79. The quantitative estimate of drug-likeness (QED) is 0.912. The molecule has 0 saturated heterocycles. The zero-order valence-electron chi connectivity index (χ0n) is 12.3. The number of aliphatic hydroxyl groups excluding tert-OH is 1. The number of sulfonamides is 1. The zero-order valence-corrected chi connectivity index (χ0v) is 13.1. The number of aliphatic hydroxyl groups is 1. The second-order valence-corrected chi connectivity index (χ2v) is 6.84. The lowest BCUT2D eigenvalue weighted by Gasteiger charge is -2.11. The Morgan fingerprint density at radius 1 is 1.05 bits per heavy atom. The summed E-state index contributed by atoms with van der Waals surface area (Å²) in [6.07, 6.45) is -0.643. The van der Waals surface area contributed by atoms with Crippen molar-refractivity contribution in [1.82, 2.24) is 0 Å². The Kier molecular flexibility index (Phi) is 4.34. The normalized spacial score (nSPS) is 13.0. The summed E-state index contributed by atoms with van der Waals surface area (Å²) in [5.74, 6) is 0. The number of rotatable bonds is 4. The molecule has 0 aliphatic carbocycles. The standard InChI is InChI=1S/C16H19NO3S/c1-11-7-8-16(9-12(11)2)21(19,20)17-15-6-4-5-14(10-15)13(3)18/h4-10,13,17-18H,1-3H3. The van der Waals surface area contributed by atoms with E-state index in [0.29, 0.717) is 11.3 Å². The minimum Gasteiger partial charge on any atom is -0.389 e. The Balaban J connectivity index is 2.33. The lowest BCUT2D eigenvalue weighted by molar-refractivity contribution is 0.199.